The van der Waals surface area contributed by atoms with E-state index in [1.807, 2.05) is 31.3 Å². The first-order chi connectivity index (χ1) is 8.56. The lowest BCUT2D eigenvalue weighted by Gasteiger charge is -2.19. The normalized spacial score (nSPS) is 16.4. The predicted molar refractivity (Wildman–Crippen MR) is 73.2 cm³/mol. The number of rotatable bonds is 5. The smallest absolute Gasteiger partial charge is 0.224 e. The molecule has 1 aromatic carbocycles. The van der Waals surface area contributed by atoms with Gasteiger partial charge in [0.25, 0.3) is 0 Å². The van der Waals surface area contributed by atoms with E-state index < -0.39 is 0 Å². The number of carbonyl (C=O) groups is 1. The zero-order valence-corrected chi connectivity index (χ0v) is 11.4. The van der Waals surface area contributed by atoms with Crippen LogP contribution in [0.3, 0.4) is 0 Å². The molecule has 3 nitrogen and oxygen atoms in total. The molecule has 1 atom stereocenters. The molecule has 0 spiro atoms. The number of halogens is 1. The third kappa shape index (κ3) is 3.72. The van der Waals surface area contributed by atoms with Gasteiger partial charge in [0.1, 0.15) is 0 Å². The van der Waals surface area contributed by atoms with Crippen LogP contribution < -0.4 is 5.73 Å². The standard InChI is InChI=1S/C14H19ClN2O/c1-17(9-10-2-6-12(15)7-3-10)14(18)8-13(16)11-4-5-11/h2-3,6-7,11,13H,4-5,8-9,16H2,1H3. The summed E-state index contributed by atoms with van der Waals surface area (Å²) in [6, 6.07) is 7.58. The highest BCUT2D eigenvalue weighted by Gasteiger charge is 2.30. The van der Waals surface area contributed by atoms with E-state index in [1.54, 1.807) is 4.90 Å². The fourth-order valence-corrected chi connectivity index (χ4v) is 2.13. The van der Waals surface area contributed by atoms with Crippen molar-refractivity contribution in [1.82, 2.24) is 4.90 Å². The minimum atomic E-state index is 0.0326. The Morgan fingerprint density at radius 2 is 2.06 bits per heavy atom. The molecule has 98 valence electrons. The molecule has 2 N–H and O–H groups in total. The van der Waals surface area contributed by atoms with E-state index in [-0.39, 0.29) is 11.9 Å². The van der Waals surface area contributed by atoms with Crippen LogP contribution in [0.4, 0.5) is 0 Å². The van der Waals surface area contributed by atoms with E-state index >= 15 is 0 Å². The van der Waals surface area contributed by atoms with Gasteiger partial charge in [-0.15, -0.1) is 0 Å². The molecule has 1 amide bonds. The van der Waals surface area contributed by atoms with Crippen LogP contribution in [0.1, 0.15) is 24.8 Å². The van der Waals surface area contributed by atoms with E-state index in [1.165, 1.54) is 12.8 Å². The van der Waals surface area contributed by atoms with Crippen molar-refractivity contribution in [2.45, 2.75) is 31.8 Å². The molecule has 0 bridgehead atoms. The second-order valence-electron chi connectivity index (χ2n) is 5.08. The SMILES string of the molecule is CN(Cc1ccc(Cl)cc1)C(=O)CC(N)C1CC1. The van der Waals surface area contributed by atoms with Gasteiger partial charge in [-0.05, 0) is 36.5 Å². The van der Waals surface area contributed by atoms with Crippen molar-refractivity contribution in [2.24, 2.45) is 11.7 Å². The molecule has 0 heterocycles. The number of hydrogen-bond acceptors (Lipinski definition) is 2. The van der Waals surface area contributed by atoms with Crippen molar-refractivity contribution in [3.8, 4) is 0 Å². The molecule has 4 heteroatoms. The van der Waals surface area contributed by atoms with Crippen LogP contribution in [0.2, 0.25) is 5.02 Å². The lowest BCUT2D eigenvalue weighted by Crippen LogP contribution is -2.34. The molecule has 18 heavy (non-hydrogen) atoms. The lowest BCUT2D eigenvalue weighted by molar-refractivity contribution is -0.130. The molecule has 1 aliphatic rings. The van der Waals surface area contributed by atoms with Gasteiger partial charge in [-0.25, -0.2) is 0 Å². The zero-order valence-electron chi connectivity index (χ0n) is 10.6. The summed E-state index contributed by atoms with van der Waals surface area (Å²) in [6.45, 7) is 0.605. The van der Waals surface area contributed by atoms with Crippen molar-refractivity contribution < 1.29 is 4.79 Å². The van der Waals surface area contributed by atoms with Crippen LogP contribution in [0, 0.1) is 5.92 Å². The molecule has 2 rings (SSSR count). The highest BCUT2D eigenvalue weighted by atomic mass is 35.5. The summed E-state index contributed by atoms with van der Waals surface area (Å²) in [7, 11) is 1.82. The summed E-state index contributed by atoms with van der Waals surface area (Å²) in [5, 5.41) is 0.712. The van der Waals surface area contributed by atoms with Gasteiger partial charge in [-0.2, -0.15) is 0 Å². The largest absolute Gasteiger partial charge is 0.341 e. The molecule has 1 saturated carbocycles. The molecule has 0 radical (unpaired) electrons. The number of nitrogens with two attached hydrogens (primary N) is 1. The molecular formula is C14H19ClN2O. The van der Waals surface area contributed by atoms with E-state index in [0.29, 0.717) is 23.9 Å². The van der Waals surface area contributed by atoms with Crippen LogP contribution in [0.15, 0.2) is 24.3 Å². The van der Waals surface area contributed by atoms with Gasteiger partial charge in [0, 0.05) is 31.1 Å². The molecule has 0 aliphatic heterocycles. The molecule has 1 aromatic rings. The minimum absolute atomic E-state index is 0.0326. The molecule has 1 unspecified atom stereocenters. The lowest BCUT2D eigenvalue weighted by atomic mass is 10.1. The van der Waals surface area contributed by atoms with Crippen LogP contribution >= 0.6 is 11.6 Å². The Balaban J connectivity index is 1.84. The summed E-state index contributed by atoms with van der Waals surface area (Å²) in [5.74, 6) is 0.683. The van der Waals surface area contributed by atoms with Crippen LogP contribution in [0.25, 0.3) is 0 Å². The van der Waals surface area contributed by atoms with Crippen LogP contribution in [-0.2, 0) is 11.3 Å². The van der Waals surface area contributed by atoms with Crippen molar-refractivity contribution in [3.05, 3.63) is 34.9 Å². The van der Waals surface area contributed by atoms with Crippen molar-refractivity contribution in [2.75, 3.05) is 7.05 Å². The first-order valence-corrected chi connectivity index (χ1v) is 6.68. The van der Waals surface area contributed by atoms with Gasteiger partial charge >= 0.3 is 0 Å². The van der Waals surface area contributed by atoms with Gasteiger partial charge < -0.3 is 10.6 Å². The summed E-state index contributed by atoms with van der Waals surface area (Å²) < 4.78 is 0. The zero-order chi connectivity index (χ0) is 13.1. The van der Waals surface area contributed by atoms with Crippen LogP contribution in [-0.4, -0.2) is 23.9 Å². The maximum Gasteiger partial charge on any atom is 0.224 e. The van der Waals surface area contributed by atoms with E-state index in [9.17, 15) is 4.79 Å². The third-order valence-corrected chi connectivity index (χ3v) is 3.65. The van der Waals surface area contributed by atoms with Crippen molar-refractivity contribution in [3.63, 3.8) is 0 Å². The second-order valence-corrected chi connectivity index (χ2v) is 5.52. The third-order valence-electron chi connectivity index (χ3n) is 3.40. The number of carbonyl (C=O) groups excluding carboxylic acids is 1. The van der Waals surface area contributed by atoms with E-state index in [0.717, 1.165) is 5.56 Å². The van der Waals surface area contributed by atoms with Crippen LogP contribution in [0.5, 0.6) is 0 Å². The van der Waals surface area contributed by atoms with Crippen molar-refractivity contribution in [1.29, 1.82) is 0 Å². The highest BCUT2D eigenvalue weighted by Crippen LogP contribution is 2.32. The van der Waals surface area contributed by atoms with E-state index in [2.05, 4.69) is 0 Å². The van der Waals surface area contributed by atoms with Gasteiger partial charge in [0.2, 0.25) is 5.91 Å². The van der Waals surface area contributed by atoms with Gasteiger partial charge in [0.15, 0.2) is 0 Å². The first kappa shape index (κ1) is 13.4. The van der Waals surface area contributed by atoms with Gasteiger partial charge in [-0.3, -0.25) is 4.79 Å². The summed E-state index contributed by atoms with van der Waals surface area (Å²) in [4.78, 5) is 13.7. The van der Waals surface area contributed by atoms with Gasteiger partial charge in [-0.1, -0.05) is 23.7 Å². The summed E-state index contributed by atoms with van der Waals surface area (Å²) >= 11 is 5.82. The molecule has 0 saturated heterocycles. The summed E-state index contributed by atoms with van der Waals surface area (Å²) in [6.07, 6.45) is 2.81. The topological polar surface area (TPSA) is 46.3 Å². The Labute approximate surface area is 113 Å². The minimum Gasteiger partial charge on any atom is -0.341 e. The second kappa shape index (κ2) is 5.72. The molecule has 1 aliphatic carbocycles. The number of nitrogens with zero attached hydrogens (tertiary/aromatic N) is 1. The quantitative estimate of drug-likeness (QED) is 0.890. The Morgan fingerprint density at radius 3 is 2.61 bits per heavy atom. The maximum absolute atomic E-state index is 12.0. The Bertz CT molecular complexity index is 414. The number of hydrogen-bond donors (Lipinski definition) is 1. The Kier molecular flexibility index (Phi) is 4.25. The molecular weight excluding hydrogens is 248 g/mol. The highest BCUT2D eigenvalue weighted by molar-refractivity contribution is 6.30. The number of amides is 1. The number of benzene rings is 1. The molecule has 0 aromatic heterocycles. The average molecular weight is 267 g/mol. The average Bonchev–Trinajstić information content (AvgIpc) is 3.16. The maximum atomic E-state index is 12.0. The predicted octanol–water partition coefficient (Wildman–Crippen LogP) is 2.43. The first-order valence-electron chi connectivity index (χ1n) is 6.30. The molecule has 1 fully saturated rings. The Hall–Kier alpha value is -1.06. The fourth-order valence-electron chi connectivity index (χ4n) is 2.00. The van der Waals surface area contributed by atoms with Crippen molar-refractivity contribution >= 4 is 17.5 Å². The van der Waals surface area contributed by atoms with E-state index in [4.69, 9.17) is 17.3 Å². The monoisotopic (exact) mass is 266 g/mol. The Morgan fingerprint density at radius 1 is 1.44 bits per heavy atom. The fraction of sp³-hybridized carbons (Fsp3) is 0.500. The summed E-state index contributed by atoms with van der Waals surface area (Å²) in [5.41, 5.74) is 7.04. The van der Waals surface area contributed by atoms with Gasteiger partial charge in [0.05, 0.1) is 0 Å².